The van der Waals surface area contributed by atoms with Gasteiger partial charge in [0.05, 0.1) is 0 Å². The summed E-state index contributed by atoms with van der Waals surface area (Å²) in [7, 11) is 0. The van der Waals surface area contributed by atoms with Gasteiger partial charge in [0.15, 0.2) is 0 Å². The lowest BCUT2D eigenvalue weighted by molar-refractivity contribution is 0.701. The van der Waals surface area contributed by atoms with Crippen LogP contribution >= 0.6 is 0 Å². The molecule has 0 spiro atoms. The summed E-state index contributed by atoms with van der Waals surface area (Å²) in [4.78, 5) is 6.57. The minimum atomic E-state index is 0.905. The van der Waals surface area contributed by atoms with E-state index in [-0.39, 0.29) is 0 Å². The first-order valence-electron chi connectivity index (χ1n) is 7.31. The van der Waals surface area contributed by atoms with E-state index in [0.29, 0.717) is 0 Å². The summed E-state index contributed by atoms with van der Waals surface area (Å²) < 4.78 is 2.15. The van der Waals surface area contributed by atoms with Gasteiger partial charge in [-0.05, 0) is 45.0 Å². The van der Waals surface area contributed by atoms with Gasteiger partial charge >= 0.3 is 0 Å². The van der Waals surface area contributed by atoms with Gasteiger partial charge in [-0.2, -0.15) is 0 Å². The highest BCUT2D eigenvalue weighted by Gasteiger charge is 2.01. The fourth-order valence-electron chi connectivity index (χ4n) is 2.34. The molecule has 0 amide bonds. The number of nitrogens with one attached hydrogen (secondary N) is 1. The lowest BCUT2D eigenvalue weighted by atomic mass is 10.2. The van der Waals surface area contributed by atoms with Gasteiger partial charge in [0.1, 0.15) is 5.82 Å². The molecule has 4 nitrogen and oxygen atoms in total. The lowest BCUT2D eigenvalue weighted by Gasteiger charge is -2.21. The molecule has 2 rings (SSSR count). The van der Waals surface area contributed by atoms with Crippen LogP contribution in [0.2, 0.25) is 0 Å². The van der Waals surface area contributed by atoms with Crippen LogP contribution in [0.15, 0.2) is 36.7 Å². The minimum Gasteiger partial charge on any atom is -0.383 e. The van der Waals surface area contributed by atoms with Crippen molar-refractivity contribution in [1.29, 1.82) is 0 Å². The number of nitrogens with zero attached hydrogens (tertiary/aromatic N) is 3. The van der Waals surface area contributed by atoms with Crippen LogP contribution in [0.4, 0.5) is 11.4 Å². The third kappa shape index (κ3) is 3.53. The zero-order valence-electron chi connectivity index (χ0n) is 12.6. The lowest BCUT2D eigenvalue weighted by Crippen LogP contribution is -2.21. The molecule has 20 heavy (non-hydrogen) atoms. The van der Waals surface area contributed by atoms with Crippen LogP contribution in [0.5, 0.6) is 0 Å². The summed E-state index contributed by atoms with van der Waals surface area (Å²) in [6.07, 6.45) is 3.86. The van der Waals surface area contributed by atoms with Crippen molar-refractivity contribution < 1.29 is 0 Å². The molecule has 2 aromatic rings. The molecule has 0 radical (unpaired) electrons. The monoisotopic (exact) mass is 272 g/mol. The smallest absolute Gasteiger partial charge is 0.105 e. The van der Waals surface area contributed by atoms with E-state index < -0.39 is 0 Å². The van der Waals surface area contributed by atoms with Gasteiger partial charge in [-0.1, -0.05) is 0 Å². The number of rotatable bonds is 7. The van der Waals surface area contributed by atoms with Crippen molar-refractivity contribution in [2.45, 2.75) is 27.3 Å². The fourth-order valence-corrected chi connectivity index (χ4v) is 2.34. The molecule has 0 saturated carbocycles. The Hall–Kier alpha value is -1.97. The maximum atomic E-state index is 4.22. The number of benzene rings is 1. The first-order valence-corrected chi connectivity index (χ1v) is 7.31. The van der Waals surface area contributed by atoms with E-state index in [0.717, 1.165) is 32.0 Å². The van der Waals surface area contributed by atoms with Crippen molar-refractivity contribution in [1.82, 2.24) is 9.55 Å². The van der Waals surface area contributed by atoms with Gasteiger partial charge in [0, 0.05) is 49.9 Å². The third-order valence-corrected chi connectivity index (χ3v) is 3.60. The number of aromatic nitrogens is 2. The van der Waals surface area contributed by atoms with E-state index in [4.69, 9.17) is 0 Å². The van der Waals surface area contributed by atoms with Gasteiger partial charge in [-0.15, -0.1) is 0 Å². The van der Waals surface area contributed by atoms with Crippen molar-refractivity contribution in [3.05, 3.63) is 42.5 Å². The quantitative estimate of drug-likeness (QED) is 0.840. The Labute approximate surface area is 121 Å². The molecule has 1 aromatic carbocycles. The van der Waals surface area contributed by atoms with Crippen LogP contribution < -0.4 is 10.2 Å². The first kappa shape index (κ1) is 14.4. The number of imidazole rings is 1. The van der Waals surface area contributed by atoms with Crippen molar-refractivity contribution >= 4 is 11.4 Å². The van der Waals surface area contributed by atoms with E-state index in [1.807, 2.05) is 19.3 Å². The van der Waals surface area contributed by atoms with Crippen molar-refractivity contribution in [3.8, 4) is 0 Å². The third-order valence-electron chi connectivity index (χ3n) is 3.60. The molecule has 0 fully saturated rings. The molecule has 0 atom stereocenters. The maximum absolute atomic E-state index is 4.22. The number of hydrogen-bond donors (Lipinski definition) is 1. The normalized spacial score (nSPS) is 10.6. The zero-order chi connectivity index (χ0) is 14.4. The Bertz CT molecular complexity index is 512. The second-order valence-corrected chi connectivity index (χ2v) is 4.81. The summed E-state index contributed by atoms with van der Waals surface area (Å²) in [5, 5.41) is 3.45. The van der Waals surface area contributed by atoms with Crippen LogP contribution in [0.3, 0.4) is 0 Å². The van der Waals surface area contributed by atoms with Crippen LogP contribution in [0.1, 0.15) is 19.7 Å². The Kier molecular flexibility index (Phi) is 5.04. The minimum absolute atomic E-state index is 0.905. The Morgan fingerprint density at radius 2 is 1.85 bits per heavy atom. The van der Waals surface area contributed by atoms with Gasteiger partial charge < -0.3 is 14.8 Å². The number of hydrogen-bond acceptors (Lipinski definition) is 3. The van der Waals surface area contributed by atoms with Gasteiger partial charge in [-0.25, -0.2) is 4.98 Å². The van der Waals surface area contributed by atoms with Crippen LogP contribution in [0, 0.1) is 6.92 Å². The van der Waals surface area contributed by atoms with E-state index in [9.17, 15) is 0 Å². The largest absolute Gasteiger partial charge is 0.383 e. The molecule has 4 heteroatoms. The molecule has 1 heterocycles. The second kappa shape index (κ2) is 6.98. The molecular formula is C16H24N4. The number of aryl methyl sites for hydroxylation is 1. The van der Waals surface area contributed by atoms with E-state index in [1.54, 1.807) is 0 Å². The molecule has 0 aliphatic heterocycles. The highest BCUT2D eigenvalue weighted by Crippen LogP contribution is 2.17. The molecule has 0 unspecified atom stereocenters. The van der Waals surface area contributed by atoms with E-state index in [1.165, 1.54) is 11.4 Å². The highest BCUT2D eigenvalue weighted by atomic mass is 15.1. The Morgan fingerprint density at radius 3 is 2.40 bits per heavy atom. The topological polar surface area (TPSA) is 33.1 Å². The molecule has 1 N–H and O–H groups in total. The average molecular weight is 272 g/mol. The van der Waals surface area contributed by atoms with E-state index >= 15 is 0 Å². The van der Waals surface area contributed by atoms with Gasteiger partial charge in [-0.3, -0.25) is 0 Å². The van der Waals surface area contributed by atoms with E-state index in [2.05, 4.69) is 57.9 Å². The van der Waals surface area contributed by atoms with Crippen LogP contribution in [0.25, 0.3) is 0 Å². The average Bonchev–Trinajstić information content (AvgIpc) is 2.87. The molecule has 108 valence electrons. The Balaban J connectivity index is 1.86. The summed E-state index contributed by atoms with van der Waals surface area (Å²) in [5.74, 6) is 1.06. The highest BCUT2D eigenvalue weighted by molar-refractivity contribution is 5.54. The van der Waals surface area contributed by atoms with Crippen molar-refractivity contribution in [3.63, 3.8) is 0 Å². The maximum Gasteiger partial charge on any atom is 0.105 e. The summed E-state index contributed by atoms with van der Waals surface area (Å²) >= 11 is 0. The molecular weight excluding hydrogens is 248 g/mol. The summed E-state index contributed by atoms with van der Waals surface area (Å²) in [6.45, 7) is 10.3. The summed E-state index contributed by atoms with van der Waals surface area (Å²) in [6, 6.07) is 8.65. The molecule has 0 saturated heterocycles. The summed E-state index contributed by atoms with van der Waals surface area (Å²) in [5.41, 5.74) is 2.45. The first-order chi connectivity index (χ1) is 9.74. The SMILES string of the molecule is CCN(CC)c1ccc(NCCn2ccnc2C)cc1. The number of anilines is 2. The fraction of sp³-hybridized carbons (Fsp3) is 0.438. The van der Waals surface area contributed by atoms with Crippen LogP contribution in [-0.2, 0) is 6.54 Å². The van der Waals surface area contributed by atoms with Gasteiger partial charge in [0.2, 0.25) is 0 Å². The van der Waals surface area contributed by atoms with Gasteiger partial charge in [0.25, 0.3) is 0 Å². The van der Waals surface area contributed by atoms with Crippen LogP contribution in [-0.4, -0.2) is 29.2 Å². The molecule has 0 bridgehead atoms. The standard InChI is InChI=1S/C16H24N4/c1-4-19(5-2)16-8-6-15(7-9-16)18-11-13-20-12-10-17-14(20)3/h6-10,12,18H,4-5,11,13H2,1-3H3. The second-order valence-electron chi connectivity index (χ2n) is 4.81. The van der Waals surface area contributed by atoms with Crippen molar-refractivity contribution in [2.75, 3.05) is 29.9 Å². The predicted octanol–water partition coefficient (Wildman–Crippen LogP) is 3.15. The predicted molar refractivity (Wildman–Crippen MR) is 85.5 cm³/mol. The molecule has 1 aromatic heterocycles. The zero-order valence-corrected chi connectivity index (χ0v) is 12.6. The Morgan fingerprint density at radius 1 is 1.15 bits per heavy atom. The molecule has 0 aliphatic rings. The molecule has 0 aliphatic carbocycles. The van der Waals surface area contributed by atoms with Crippen molar-refractivity contribution in [2.24, 2.45) is 0 Å².